The van der Waals surface area contributed by atoms with Gasteiger partial charge in [0.1, 0.15) is 5.76 Å². The second kappa shape index (κ2) is 6.62. The van der Waals surface area contributed by atoms with E-state index in [2.05, 4.69) is 10.5 Å². The Morgan fingerprint density at radius 3 is 2.69 bits per heavy atom. The maximum Gasteiger partial charge on any atom is 0.417 e. The molecule has 26 heavy (non-hydrogen) atoms. The summed E-state index contributed by atoms with van der Waals surface area (Å²) >= 11 is 0. The van der Waals surface area contributed by atoms with Gasteiger partial charge in [-0.3, -0.25) is 9.59 Å². The number of benzene rings is 1. The van der Waals surface area contributed by atoms with Crippen molar-refractivity contribution in [3.8, 4) is 0 Å². The number of ether oxygens (including phenoxy) is 1. The maximum atomic E-state index is 12.6. The van der Waals surface area contributed by atoms with Crippen LogP contribution in [0.2, 0.25) is 0 Å². The Labute approximate surface area is 149 Å². The molecule has 1 saturated heterocycles. The van der Waals surface area contributed by atoms with E-state index in [0.29, 0.717) is 11.7 Å². The molecule has 8 heteroatoms. The highest BCUT2D eigenvalue weighted by Crippen LogP contribution is 2.40. The van der Waals surface area contributed by atoms with Crippen molar-refractivity contribution in [3.05, 3.63) is 53.4 Å². The number of imide groups is 1. The van der Waals surface area contributed by atoms with E-state index in [1.807, 2.05) is 30.3 Å². The van der Waals surface area contributed by atoms with Gasteiger partial charge in [-0.2, -0.15) is 0 Å². The molecule has 1 atom stereocenters. The van der Waals surface area contributed by atoms with E-state index in [9.17, 15) is 14.4 Å². The summed E-state index contributed by atoms with van der Waals surface area (Å²) in [6, 6.07) is 10.2. The summed E-state index contributed by atoms with van der Waals surface area (Å²) in [5.41, 5.74) is 0.947. The van der Waals surface area contributed by atoms with Crippen LogP contribution in [0.15, 0.2) is 40.9 Å². The quantitative estimate of drug-likeness (QED) is 0.850. The Hall–Kier alpha value is -3.16. The van der Waals surface area contributed by atoms with E-state index in [4.69, 9.17) is 9.26 Å². The third kappa shape index (κ3) is 3.30. The van der Waals surface area contributed by atoms with Crippen LogP contribution in [0.3, 0.4) is 0 Å². The second-order valence-corrected chi connectivity index (χ2v) is 6.38. The highest BCUT2D eigenvalue weighted by molar-refractivity contribution is 5.98. The number of amides is 3. The fourth-order valence-corrected chi connectivity index (χ4v) is 2.85. The molecule has 1 aromatic heterocycles. The molecule has 2 aliphatic rings. The number of aromatic nitrogens is 1. The van der Waals surface area contributed by atoms with Crippen LogP contribution >= 0.6 is 0 Å². The predicted octanol–water partition coefficient (Wildman–Crippen LogP) is 2.00. The number of hydrogen-bond donors (Lipinski definition) is 1. The SMILES string of the molecule is O=C(NC(CN1C(=O)COC1=O)c1ccccc1)c1cc(C2CC2)on1. The van der Waals surface area contributed by atoms with Crippen LogP contribution in [0.1, 0.15) is 46.6 Å². The molecule has 1 N–H and O–H groups in total. The first kappa shape index (κ1) is 16.3. The molecule has 1 aliphatic heterocycles. The summed E-state index contributed by atoms with van der Waals surface area (Å²) in [6.07, 6.45) is 1.38. The van der Waals surface area contributed by atoms with Crippen LogP contribution in [0.25, 0.3) is 0 Å². The van der Waals surface area contributed by atoms with Gasteiger partial charge in [0.2, 0.25) is 0 Å². The molecule has 1 aromatic carbocycles. The Morgan fingerprint density at radius 1 is 1.27 bits per heavy atom. The molecule has 2 aromatic rings. The van der Waals surface area contributed by atoms with Crippen molar-refractivity contribution in [2.45, 2.75) is 24.8 Å². The Morgan fingerprint density at radius 2 is 2.04 bits per heavy atom. The zero-order valence-corrected chi connectivity index (χ0v) is 13.9. The fraction of sp³-hybridized carbons (Fsp3) is 0.333. The van der Waals surface area contributed by atoms with Gasteiger partial charge in [0.15, 0.2) is 12.3 Å². The Balaban J connectivity index is 1.53. The molecule has 1 aliphatic carbocycles. The van der Waals surface area contributed by atoms with Gasteiger partial charge in [-0.05, 0) is 18.4 Å². The van der Waals surface area contributed by atoms with Crippen molar-refractivity contribution in [1.82, 2.24) is 15.4 Å². The first-order chi connectivity index (χ1) is 12.6. The van der Waals surface area contributed by atoms with Gasteiger partial charge in [0.05, 0.1) is 12.6 Å². The predicted molar refractivity (Wildman–Crippen MR) is 88.2 cm³/mol. The zero-order chi connectivity index (χ0) is 18.1. The van der Waals surface area contributed by atoms with Gasteiger partial charge in [-0.1, -0.05) is 35.5 Å². The monoisotopic (exact) mass is 355 g/mol. The summed E-state index contributed by atoms with van der Waals surface area (Å²) in [5, 5.41) is 6.65. The molecule has 1 unspecified atom stereocenters. The van der Waals surface area contributed by atoms with Crippen molar-refractivity contribution >= 4 is 17.9 Å². The normalized spacial score (nSPS) is 17.9. The van der Waals surface area contributed by atoms with E-state index in [1.54, 1.807) is 6.07 Å². The van der Waals surface area contributed by atoms with Crippen molar-refractivity contribution in [2.75, 3.05) is 13.2 Å². The van der Waals surface area contributed by atoms with E-state index >= 15 is 0 Å². The standard InChI is InChI=1S/C18H17N3O5/c22-16-10-25-18(24)21(16)9-14(11-4-2-1-3-5-11)19-17(23)13-8-15(26-20-13)12-6-7-12/h1-5,8,12,14H,6-7,9-10H2,(H,19,23). The van der Waals surface area contributed by atoms with Crippen molar-refractivity contribution in [2.24, 2.45) is 0 Å². The van der Waals surface area contributed by atoms with Crippen molar-refractivity contribution < 1.29 is 23.6 Å². The van der Waals surface area contributed by atoms with Gasteiger partial charge in [0, 0.05) is 12.0 Å². The summed E-state index contributed by atoms with van der Waals surface area (Å²) in [6.45, 7) is -0.289. The lowest BCUT2D eigenvalue weighted by atomic mass is 10.1. The molecule has 8 nitrogen and oxygen atoms in total. The minimum absolute atomic E-state index is 0.0131. The first-order valence-corrected chi connectivity index (χ1v) is 8.41. The highest BCUT2D eigenvalue weighted by Gasteiger charge is 2.34. The number of cyclic esters (lactones) is 1. The molecular formula is C18H17N3O5. The molecule has 2 fully saturated rings. The van der Waals surface area contributed by atoms with E-state index < -0.39 is 23.9 Å². The fourth-order valence-electron chi connectivity index (χ4n) is 2.85. The average Bonchev–Trinajstić information content (AvgIpc) is 3.31. The molecule has 0 spiro atoms. The summed E-state index contributed by atoms with van der Waals surface area (Å²) in [7, 11) is 0. The number of nitrogens with zero attached hydrogens (tertiary/aromatic N) is 2. The van der Waals surface area contributed by atoms with Crippen molar-refractivity contribution in [1.29, 1.82) is 0 Å². The van der Waals surface area contributed by atoms with Crippen LogP contribution in [0.4, 0.5) is 4.79 Å². The Bertz CT molecular complexity index is 828. The molecule has 2 heterocycles. The lowest BCUT2D eigenvalue weighted by molar-refractivity contribution is -0.126. The molecule has 0 bridgehead atoms. The maximum absolute atomic E-state index is 12.6. The third-order valence-electron chi connectivity index (χ3n) is 4.45. The van der Waals surface area contributed by atoms with E-state index in [0.717, 1.165) is 23.3 Å². The van der Waals surface area contributed by atoms with Crippen LogP contribution in [0.5, 0.6) is 0 Å². The number of carbonyl (C=O) groups is 3. The minimum Gasteiger partial charge on any atom is -0.439 e. The molecule has 134 valence electrons. The van der Waals surface area contributed by atoms with Crippen LogP contribution in [0, 0.1) is 0 Å². The molecule has 1 saturated carbocycles. The van der Waals surface area contributed by atoms with Crippen LogP contribution in [-0.2, 0) is 9.53 Å². The lowest BCUT2D eigenvalue weighted by Gasteiger charge is -2.22. The third-order valence-corrected chi connectivity index (χ3v) is 4.45. The number of nitrogens with one attached hydrogen (secondary N) is 1. The minimum atomic E-state index is -0.706. The Kier molecular flexibility index (Phi) is 4.16. The molecular weight excluding hydrogens is 338 g/mol. The van der Waals surface area contributed by atoms with E-state index in [1.165, 1.54) is 0 Å². The average molecular weight is 355 g/mol. The molecule has 0 radical (unpaired) electrons. The second-order valence-electron chi connectivity index (χ2n) is 6.38. The molecule has 4 rings (SSSR count). The lowest BCUT2D eigenvalue weighted by Crippen LogP contribution is -2.40. The smallest absolute Gasteiger partial charge is 0.417 e. The van der Waals surface area contributed by atoms with Crippen molar-refractivity contribution in [3.63, 3.8) is 0 Å². The summed E-state index contributed by atoms with van der Waals surface area (Å²) in [5.74, 6) is 0.216. The largest absolute Gasteiger partial charge is 0.439 e. The topological polar surface area (TPSA) is 102 Å². The van der Waals surface area contributed by atoms with Crippen LogP contribution in [-0.4, -0.2) is 41.1 Å². The number of hydrogen-bond acceptors (Lipinski definition) is 6. The van der Waals surface area contributed by atoms with Gasteiger partial charge in [-0.25, -0.2) is 9.69 Å². The highest BCUT2D eigenvalue weighted by atomic mass is 16.6. The van der Waals surface area contributed by atoms with Gasteiger partial charge < -0.3 is 14.6 Å². The zero-order valence-electron chi connectivity index (χ0n) is 13.9. The van der Waals surface area contributed by atoms with Gasteiger partial charge in [0.25, 0.3) is 11.8 Å². The summed E-state index contributed by atoms with van der Waals surface area (Å²) < 4.78 is 9.95. The number of carbonyl (C=O) groups excluding carboxylic acids is 3. The van der Waals surface area contributed by atoms with Gasteiger partial charge >= 0.3 is 6.09 Å². The van der Waals surface area contributed by atoms with Gasteiger partial charge in [-0.15, -0.1) is 0 Å². The molecule has 3 amide bonds. The summed E-state index contributed by atoms with van der Waals surface area (Å²) in [4.78, 5) is 37.1. The first-order valence-electron chi connectivity index (χ1n) is 8.41. The number of rotatable bonds is 6. The van der Waals surface area contributed by atoms with Crippen LogP contribution < -0.4 is 5.32 Å². The van der Waals surface area contributed by atoms with E-state index in [-0.39, 0.29) is 18.8 Å².